The van der Waals surface area contributed by atoms with Crippen LogP contribution in [0.25, 0.3) is 0 Å². The summed E-state index contributed by atoms with van der Waals surface area (Å²) in [5.41, 5.74) is 0. The zero-order valence-corrected chi connectivity index (χ0v) is 31.6. The number of hydrogen-bond donors (Lipinski definition) is 0. The van der Waals surface area contributed by atoms with Gasteiger partial charge in [-0.05, 0) is 25.7 Å². The summed E-state index contributed by atoms with van der Waals surface area (Å²) in [5.74, 6) is 0. The van der Waals surface area contributed by atoms with Gasteiger partial charge in [-0.2, -0.15) is 0 Å². The molecule has 38 heavy (non-hydrogen) atoms. The van der Waals surface area contributed by atoms with Crippen LogP contribution in [0.1, 0.15) is 109 Å². The fourth-order valence-corrected chi connectivity index (χ4v) is 36.0. The highest BCUT2D eigenvalue weighted by Crippen LogP contribution is 2.44. The van der Waals surface area contributed by atoms with Crippen molar-refractivity contribution in [1.29, 1.82) is 0 Å². The predicted molar refractivity (Wildman–Crippen MR) is 187 cm³/mol. The highest BCUT2D eigenvalue weighted by atomic mass is 28.3. The summed E-state index contributed by atoms with van der Waals surface area (Å²) in [5, 5.41) is 15.9. The van der Waals surface area contributed by atoms with Crippen LogP contribution >= 0.6 is 0 Å². The quantitative estimate of drug-likeness (QED) is 0.216. The fourth-order valence-electron chi connectivity index (χ4n) is 10.4. The van der Waals surface area contributed by atoms with E-state index in [4.69, 9.17) is 0 Å². The molecule has 0 saturated carbocycles. The Hall–Kier alpha value is -0.432. The van der Waals surface area contributed by atoms with Gasteiger partial charge in [0.25, 0.3) is 0 Å². The minimum absolute atomic E-state index is 1.30. The lowest BCUT2D eigenvalue weighted by atomic mass is 10.3. The van der Waals surface area contributed by atoms with E-state index in [9.17, 15) is 0 Å². The van der Waals surface area contributed by atoms with Gasteiger partial charge in [0.2, 0.25) is 0 Å². The van der Waals surface area contributed by atoms with Gasteiger partial charge in [0.05, 0.1) is 0 Å². The van der Waals surface area contributed by atoms with Crippen LogP contribution in [0.5, 0.6) is 0 Å². The van der Waals surface area contributed by atoms with Crippen molar-refractivity contribution < 1.29 is 0 Å². The average molecular weight is 583 g/mol. The summed E-state index contributed by atoms with van der Waals surface area (Å²) in [4.78, 5) is 0. The molecule has 1 aromatic carbocycles. The van der Waals surface area contributed by atoms with Gasteiger partial charge in [0.1, 0.15) is 32.3 Å². The molecule has 4 heteroatoms. The van der Waals surface area contributed by atoms with E-state index in [2.05, 4.69) is 95.2 Å². The molecule has 0 aromatic heterocycles. The molecule has 0 amide bonds. The smallest absolute Gasteiger partial charge is 0.0800 e. The van der Waals surface area contributed by atoms with E-state index in [0.29, 0.717) is 0 Å². The van der Waals surface area contributed by atoms with Gasteiger partial charge in [-0.1, -0.05) is 185 Å². The van der Waals surface area contributed by atoms with Gasteiger partial charge in [-0.25, -0.2) is 0 Å². The van der Waals surface area contributed by atoms with Crippen molar-refractivity contribution in [2.75, 3.05) is 0 Å². The maximum absolute atomic E-state index is 3.04. The highest BCUT2D eigenvalue weighted by molar-refractivity contribution is 7.14. The van der Waals surface area contributed by atoms with Gasteiger partial charge < -0.3 is 0 Å². The van der Waals surface area contributed by atoms with Gasteiger partial charge in [0, 0.05) is 0 Å². The summed E-state index contributed by atoms with van der Waals surface area (Å²) in [7, 11) is -6.89. The zero-order chi connectivity index (χ0) is 28.5. The molecule has 214 valence electrons. The van der Waals surface area contributed by atoms with E-state index in [1.165, 1.54) is 74.0 Å². The lowest BCUT2D eigenvalue weighted by Gasteiger charge is -2.53. The Morgan fingerprint density at radius 2 is 0.474 bits per heavy atom. The van der Waals surface area contributed by atoms with Crippen LogP contribution in [0.15, 0.2) is 32.9 Å². The van der Waals surface area contributed by atoms with Crippen molar-refractivity contribution in [2.45, 2.75) is 157 Å². The lowest BCUT2D eigenvalue weighted by Crippen LogP contribution is -2.76. The molecule has 0 spiro atoms. The predicted octanol–water partition coefficient (Wildman–Crippen LogP) is 8.89. The van der Waals surface area contributed by atoms with Gasteiger partial charge >= 0.3 is 0 Å². The summed E-state index contributed by atoms with van der Waals surface area (Å²) in [6.45, 7) is 30.6. The first kappa shape index (κ1) is 32.1. The van der Waals surface area contributed by atoms with E-state index in [1.54, 1.807) is 0 Å². The van der Waals surface area contributed by atoms with Crippen LogP contribution in [-0.2, 0) is 0 Å². The van der Waals surface area contributed by atoms with Crippen molar-refractivity contribution in [3.8, 4) is 0 Å². The Kier molecular flexibility index (Phi) is 10.3. The second kappa shape index (κ2) is 12.2. The van der Waals surface area contributed by atoms with E-state index in [0.717, 1.165) is 0 Å². The van der Waals surface area contributed by atoms with Crippen LogP contribution in [0, 0.1) is 0 Å². The number of hydrogen-bond acceptors (Lipinski definition) is 0. The molecule has 1 aromatic rings. The van der Waals surface area contributed by atoms with Gasteiger partial charge in [0.15, 0.2) is 0 Å². The Morgan fingerprint density at radius 3 is 0.579 bits per heavy atom. The second-order valence-electron chi connectivity index (χ2n) is 12.4. The fraction of sp³-hybridized carbons (Fsp3) is 0.706. The first-order chi connectivity index (χ1) is 18.2. The van der Waals surface area contributed by atoms with Gasteiger partial charge in [-0.3, -0.25) is 0 Å². The van der Waals surface area contributed by atoms with E-state index in [1.807, 2.05) is 41.5 Å². The molecule has 2 heterocycles. The van der Waals surface area contributed by atoms with E-state index >= 15 is 0 Å². The third kappa shape index (κ3) is 3.96. The minimum atomic E-state index is -1.72. The molecule has 3 rings (SSSR count). The van der Waals surface area contributed by atoms with Crippen LogP contribution in [0.3, 0.4) is 0 Å². The van der Waals surface area contributed by atoms with Crippen molar-refractivity contribution >= 4 is 53.0 Å². The van der Waals surface area contributed by atoms with Crippen LogP contribution in [0.4, 0.5) is 0 Å². The van der Waals surface area contributed by atoms with Crippen molar-refractivity contribution in [2.24, 2.45) is 0 Å². The third-order valence-electron chi connectivity index (χ3n) is 12.5. The maximum Gasteiger partial charge on any atom is 0.112 e. The molecule has 0 saturated heterocycles. The SMILES string of the molecule is CCC1=C(CC)[Si](CC)(CC)c2cc3c(cc2[Si]1(CC)CC)[Si](CC)(CC)C(CC)=C(CC)[Si]3(CC)CC. The summed E-state index contributed by atoms with van der Waals surface area (Å²) >= 11 is 0. The minimum Gasteiger partial charge on any atom is -0.0800 e. The number of fused-ring (bicyclic) bond motifs is 2. The normalized spacial score (nSPS) is 20.9. The van der Waals surface area contributed by atoms with Crippen molar-refractivity contribution in [3.63, 3.8) is 0 Å². The highest BCUT2D eigenvalue weighted by Gasteiger charge is 2.55. The Bertz CT molecular complexity index is 896. The molecule has 2 aliphatic heterocycles. The third-order valence-corrected chi connectivity index (χ3v) is 36.2. The number of allylic oxidation sites excluding steroid dienone is 4. The average Bonchev–Trinajstić information content (AvgIpc) is 2.97. The molecule has 0 N–H and O–H groups in total. The maximum atomic E-state index is 3.04. The second-order valence-corrected chi connectivity index (χ2v) is 31.3. The molecule has 0 unspecified atom stereocenters. The lowest BCUT2D eigenvalue weighted by molar-refractivity contribution is 1.04. The summed E-state index contributed by atoms with van der Waals surface area (Å²) in [6, 6.07) is 17.2. The number of benzene rings is 1. The number of rotatable bonds is 12. The molecule has 2 aliphatic rings. The molecular weight excluding hydrogens is 521 g/mol. The summed E-state index contributed by atoms with van der Waals surface area (Å²) < 4.78 is 0. The standard InChI is InChI=1S/C34H62Si4/c1-13-27-28(14-2)36(19-7,20-8)32-26-34-33(25-31(32)35(27,17-5)18-6)37(21-9,22-10)29(15-3)30(16-4)38(34,23-11)24-12/h25-26H,13-24H2,1-12H3. The topological polar surface area (TPSA) is 0 Å². The Balaban J connectivity index is 2.68. The molecule has 0 fully saturated rings. The Morgan fingerprint density at radius 1 is 0.316 bits per heavy atom. The monoisotopic (exact) mass is 582 g/mol. The first-order valence-electron chi connectivity index (χ1n) is 16.9. The van der Waals surface area contributed by atoms with Crippen LogP contribution in [0.2, 0.25) is 48.4 Å². The van der Waals surface area contributed by atoms with Crippen LogP contribution < -0.4 is 20.7 Å². The first-order valence-corrected chi connectivity index (χ1v) is 26.5. The molecule has 0 radical (unpaired) electrons. The Labute approximate surface area is 242 Å². The summed E-state index contributed by atoms with van der Waals surface area (Å²) in [6.07, 6.45) is 5.20. The van der Waals surface area contributed by atoms with E-state index < -0.39 is 32.3 Å². The zero-order valence-electron chi connectivity index (χ0n) is 27.6. The molecule has 0 nitrogen and oxygen atoms in total. The molecule has 0 aliphatic carbocycles. The van der Waals surface area contributed by atoms with Gasteiger partial charge in [-0.15, -0.1) is 0 Å². The van der Waals surface area contributed by atoms with Crippen molar-refractivity contribution in [3.05, 3.63) is 32.9 Å². The van der Waals surface area contributed by atoms with E-state index in [-0.39, 0.29) is 0 Å². The largest absolute Gasteiger partial charge is 0.112 e. The molecule has 0 atom stereocenters. The molecular formula is C34H62Si4. The van der Waals surface area contributed by atoms with Crippen molar-refractivity contribution in [1.82, 2.24) is 0 Å². The molecule has 0 bridgehead atoms. The van der Waals surface area contributed by atoms with Crippen LogP contribution in [-0.4, -0.2) is 32.3 Å².